The normalized spacial score (nSPS) is 36.6. The number of fused-ring (bicyclic) bond motifs is 2. The maximum atomic E-state index is 14.1. The summed E-state index contributed by atoms with van der Waals surface area (Å²) in [5.74, 6) is -0.117. The highest BCUT2D eigenvalue weighted by atomic mass is 19.1. The first kappa shape index (κ1) is 32.7. The van der Waals surface area contributed by atoms with Gasteiger partial charge in [-0.1, -0.05) is 14.4 Å². The molecule has 0 aromatic rings. The smallest absolute Gasteiger partial charge is 0.144 e. The molecule has 8 heteroatoms. The molecule has 0 saturated carbocycles. The minimum atomic E-state index is -0.980. The molecular formula is C27H53FO7. The van der Waals surface area contributed by atoms with Crippen molar-refractivity contribution in [2.45, 2.75) is 143 Å². The van der Waals surface area contributed by atoms with Gasteiger partial charge in [-0.2, -0.15) is 0 Å². The fourth-order valence-electron chi connectivity index (χ4n) is 4.48. The van der Waals surface area contributed by atoms with Crippen molar-refractivity contribution in [2.24, 2.45) is 5.92 Å². The lowest BCUT2D eigenvalue weighted by Crippen LogP contribution is -2.51. The van der Waals surface area contributed by atoms with E-state index >= 15 is 0 Å². The Morgan fingerprint density at radius 1 is 0.857 bits per heavy atom. The van der Waals surface area contributed by atoms with Crippen LogP contribution in [0.2, 0.25) is 0 Å². The molecular weight excluding hydrogens is 455 g/mol. The lowest BCUT2D eigenvalue weighted by molar-refractivity contribution is -0.191. The Morgan fingerprint density at radius 2 is 1.46 bits per heavy atom. The van der Waals surface area contributed by atoms with Crippen LogP contribution in [0, 0.1) is 5.92 Å². The van der Waals surface area contributed by atoms with Gasteiger partial charge in [0.1, 0.15) is 36.2 Å². The number of alkyl halides is 1. The zero-order valence-corrected chi connectivity index (χ0v) is 22.9. The van der Waals surface area contributed by atoms with E-state index in [1.54, 1.807) is 0 Å². The summed E-state index contributed by atoms with van der Waals surface area (Å²) in [6.07, 6.45) is -1.17. The summed E-state index contributed by atoms with van der Waals surface area (Å²) in [6.45, 7) is 21.7. The molecule has 35 heavy (non-hydrogen) atoms. The Kier molecular flexibility index (Phi) is 13.6. The topological polar surface area (TPSA) is 64.6 Å². The average Bonchev–Trinajstić information content (AvgIpc) is 3.19. The van der Waals surface area contributed by atoms with Gasteiger partial charge < -0.3 is 33.2 Å². The number of rotatable bonds is 10. The van der Waals surface area contributed by atoms with Crippen LogP contribution in [0.5, 0.6) is 0 Å². The van der Waals surface area contributed by atoms with Crippen LogP contribution in [-0.4, -0.2) is 93.1 Å². The molecule has 0 unspecified atom stereocenters. The third kappa shape index (κ3) is 9.16. The molecule has 0 spiro atoms. The largest absolute Gasteiger partial charge is 0.376 e. The summed E-state index contributed by atoms with van der Waals surface area (Å²) < 4.78 is 54.4. The zero-order chi connectivity index (χ0) is 25.6. The first-order valence-electron chi connectivity index (χ1n) is 13.0. The molecule has 0 aromatic heterocycles. The fraction of sp³-hybridized carbons (Fsp3) is 1.00. The highest BCUT2D eigenvalue weighted by molar-refractivity contribution is 5.08. The van der Waals surface area contributed by atoms with Crippen molar-refractivity contribution in [3.05, 3.63) is 0 Å². The van der Waals surface area contributed by atoms with Gasteiger partial charge in [0.25, 0.3) is 0 Å². The van der Waals surface area contributed by atoms with Crippen LogP contribution >= 0.6 is 0 Å². The van der Waals surface area contributed by atoms with Crippen molar-refractivity contribution in [1.29, 1.82) is 0 Å². The van der Waals surface area contributed by atoms with Crippen LogP contribution in [0.4, 0.5) is 4.39 Å². The van der Waals surface area contributed by atoms with Crippen molar-refractivity contribution in [3.8, 4) is 0 Å². The van der Waals surface area contributed by atoms with E-state index in [2.05, 4.69) is 0 Å². The van der Waals surface area contributed by atoms with Gasteiger partial charge in [-0.05, 0) is 62.3 Å². The first-order chi connectivity index (χ1) is 15.9. The van der Waals surface area contributed by atoms with Gasteiger partial charge in [-0.3, -0.25) is 0 Å². The maximum absolute atomic E-state index is 14.1. The Balaban J connectivity index is 0.000000340. The number of halogens is 1. The number of hydrogen-bond donors (Lipinski definition) is 0. The first-order valence-corrected chi connectivity index (χ1v) is 13.0. The molecule has 3 saturated heterocycles. The third-order valence-corrected chi connectivity index (χ3v) is 6.12. The highest BCUT2D eigenvalue weighted by Crippen LogP contribution is 2.42. The molecule has 0 aromatic carbocycles. The number of hydrogen-bond acceptors (Lipinski definition) is 7. The molecule has 3 aliphatic heterocycles. The van der Waals surface area contributed by atoms with E-state index in [0.29, 0.717) is 26.4 Å². The molecule has 0 radical (unpaired) electrons. The van der Waals surface area contributed by atoms with Crippen LogP contribution in [0.3, 0.4) is 0 Å². The van der Waals surface area contributed by atoms with Crippen molar-refractivity contribution in [1.82, 2.24) is 0 Å². The average molecular weight is 509 g/mol. The van der Waals surface area contributed by atoms with Gasteiger partial charge in [-0.15, -0.1) is 0 Å². The van der Waals surface area contributed by atoms with Crippen molar-refractivity contribution < 1.29 is 37.5 Å². The molecule has 0 amide bonds. The van der Waals surface area contributed by atoms with Crippen LogP contribution in [0.1, 0.15) is 76.7 Å². The second-order valence-corrected chi connectivity index (χ2v) is 11.0. The maximum Gasteiger partial charge on any atom is 0.144 e. The van der Waals surface area contributed by atoms with Crippen molar-refractivity contribution in [2.75, 3.05) is 26.4 Å². The predicted octanol–water partition coefficient (Wildman–Crippen LogP) is 4.98. The lowest BCUT2D eigenvalue weighted by atomic mass is 9.95. The van der Waals surface area contributed by atoms with Crippen LogP contribution in [0.15, 0.2) is 0 Å². The van der Waals surface area contributed by atoms with Gasteiger partial charge in [0.05, 0.1) is 56.9 Å². The summed E-state index contributed by atoms with van der Waals surface area (Å²) in [6, 6.07) is 0. The van der Waals surface area contributed by atoms with Crippen molar-refractivity contribution in [3.63, 3.8) is 0 Å². The van der Waals surface area contributed by atoms with E-state index in [0.717, 1.165) is 0 Å². The minimum Gasteiger partial charge on any atom is -0.376 e. The molecule has 3 heterocycles. The second-order valence-electron chi connectivity index (χ2n) is 11.0. The van der Waals surface area contributed by atoms with E-state index < -0.39 is 17.9 Å². The molecule has 3 aliphatic rings. The van der Waals surface area contributed by atoms with Gasteiger partial charge >= 0.3 is 0 Å². The van der Waals surface area contributed by atoms with E-state index in [-0.39, 0.29) is 62.2 Å². The lowest BCUT2D eigenvalue weighted by Gasteiger charge is -2.38. The van der Waals surface area contributed by atoms with E-state index in [9.17, 15) is 4.39 Å². The monoisotopic (exact) mass is 508 g/mol. The summed E-state index contributed by atoms with van der Waals surface area (Å²) in [5.41, 5.74) is -0.404. The Labute approximate surface area is 213 Å². The van der Waals surface area contributed by atoms with E-state index in [1.165, 1.54) is 0 Å². The van der Waals surface area contributed by atoms with Gasteiger partial charge in [0.2, 0.25) is 0 Å². The van der Waals surface area contributed by atoms with Crippen LogP contribution in [-0.2, 0) is 33.2 Å². The molecule has 210 valence electrons. The molecule has 3 rings (SSSR count). The van der Waals surface area contributed by atoms with E-state index in [4.69, 9.17) is 33.2 Å². The summed E-state index contributed by atoms with van der Waals surface area (Å²) in [4.78, 5) is 0. The predicted molar refractivity (Wildman–Crippen MR) is 136 cm³/mol. The molecule has 7 nitrogen and oxygen atoms in total. The highest BCUT2D eigenvalue weighted by Gasteiger charge is 2.61. The SMILES string of the molecule is C.CC(C)OC[C@@]12CO[C@@H]([C@H](C)O1)[C@@H]2OC(C)C.CC(C)OC[C@H]1OC[C@@H](C)[C@H](F)[C@@H]1OC(C)C. The molecule has 8 atom stereocenters. The van der Waals surface area contributed by atoms with Crippen LogP contribution < -0.4 is 0 Å². The summed E-state index contributed by atoms with van der Waals surface area (Å²) >= 11 is 0. The molecule has 0 N–H and O–H groups in total. The van der Waals surface area contributed by atoms with Gasteiger partial charge in [0, 0.05) is 5.92 Å². The van der Waals surface area contributed by atoms with E-state index in [1.807, 2.05) is 69.2 Å². The number of ether oxygens (including phenoxy) is 7. The second kappa shape index (κ2) is 14.6. The van der Waals surface area contributed by atoms with Gasteiger partial charge in [-0.25, -0.2) is 4.39 Å². The van der Waals surface area contributed by atoms with Crippen LogP contribution in [0.25, 0.3) is 0 Å². The third-order valence-electron chi connectivity index (χ3n) is 6.12. The molecule has 0 aliphatic carbocycles. The van der Waals surface area contributed by atoms with Crippen molar-refractivity contribution >= 4 is 0 Å². The Morgan fingerprint density at radius 3 is 1.97 bits per heavy atom. The standard InChI is InChI=1S/C13H25FO3.C13H24O4.CH4/c1-8(2)15-7-11-13(17-9(3)4)12(14)10(5)6-16-11;1-8(2)14-6-13-7-15-11(10(5)17-13)12(13)16-9(3)4;/h8-13H,6-7H2,1-5H3;8-12H,6-7H2,1-5H3;1H4/t10-,11-,12+,13-;10-,11-,12-,13-;/m10./s1. The fourth-order valence-corrected chi connectivity index (χ4v) is 4.48. The Bertz CT molecular complexity index is 588. The van der Waals surface area contributed by atoms with Gasteiger partial charge in [0.15, 0.2) is 0 Å². The molecule has 2 bridgehead atoms. The summed E-state index contributed by atoms with van der Waals surface area (Å²) in [5, 5.41) is 0. The Hall–Kier alpha value is -0.350. The molecule has 3 fully saturated rings. The zero-order valence-electron chi connectivity index (χ0n) is 22.9. The summed E-state index contributed by atoms with van der Waals surface area (Å²) in [7, 11) is 0. The quantitative estimate of drug-likeness (QED) is 0.413. The minimum absolute atomic E-state index is 0.